The molecule has 0 aromatic heterocycles. The standard InChI is InChI=1S/C19H19F3N2O4/c1-12(13-5-7-15(8-6-13)28-11-19(20,21)22)24-18(26)14-3-2-4-16(9-14)27-10-17(23)25/h2-9,12H,10-11H2,1H3,(H2,23,25)(H,24,26). The topological polar surface area (TPSA) is 90.6 Å². The lowest BCUT2D eigenvalue weighted by Gasteiger charge is -2.16. The molecule has 150 valence electrons. The average molecular weight is 396 g/mol. The van der Waals surface area contributed by atoms with E-state index < -0.39 is 24.7 Å². The zero-order valence-corrected chi connectivity index (χ0v) is 15.0. The number of halogens is 3. The fourth-order valence-electron chi connectivity index (χ4n) is 2.26. The average Bonchev–Trinajstić information content (AvgIpc) is 2.64. The molecular formula is C19H19F3N2O4. The second-order valence-corrected chi connectivity index (χ2v) is 5.95. The van der Waals surface area contributed by atoms with Crippen LogP contribution in [0.3, 0.4) is 0 Å². The highest BCUT2D eigenvalue weighted by atomic mass is 19.4. The largest absolute Gasteiger partial charge is 0.484 e. The van der Waals surface area contributed by atoms with Gasteiger partial charge < -0.3 is 20.5 Å². The van der Waals surface area contributed by atoms with Crippen LogP contribution in [0, 0.1) is 0 Å². The highest BCUT2D eigenvalue weighted by Crippen LogP contribution is 2.21. The first-order chi connectivity index (χ1) is 13.1. The normalized spacial score (nSPS) is 12.1. The monoisotopic (exact) mass is 396 g/mol. The quantitative estimate of drug-likeness (QED) is 0.718. The molecule has 0 aliphatic heterocycles. The van der Waals surface area contributed by atoms with Gasteiger partial charge in [0, 0.05) is 5.56 Å². The van der Waals surface area contributed by atoms with Crippen LogP contribution in [-0.2, 0) is 4.79 Å². The molecule has 2 amide bonds. The summed E-state index contributed by atoms with van der Waals surface area (Å²) in [7, 11) is 0. The molecule has 3 N–H and O–H groups in total. The van der Waals surface area contributed by atoms with Crippen LogP contribution >= 0.6 is 0 Å². The van der Waals surface area contributed by atoms with Crippen molar-refractivity contribution in [1.82, 2.24) is 5.32 Å². The van der Waals surface area contributed by atoms with E-state index in [0.29, 0.717) is 16.9 Å². The number of carbonyl (C=O) groups is 2. The van der Waals surface area contributed by atoms with Gasteiger partial charge in [-0.25, -0.2) is 0 Å². The first-order valence-corrected chi connectivity index (χ1v) is 8.25. The van der Waals surface area contributed by atoms with Gasteiger partial charge in [0.15, 0.2) is 13.2 Å². The van der Waals surface area contributed by atoms with Gasteiger partial charge in [0.05, 0.1) is 6.04 Å². The SMILES string of the molecule is CC(NC(=O)c1cccc(OCC(N)=O)c1)c1ccc(OCC(F)(F)F)cc1. The number of primary amides is 1. The van der Waals surface area contributed by atoms with E-state index in [-0.39, 0.29) is 18.3 Å². The Bertz CT molecular complexity index is 823. The van der Waals surface area contributed by atoms with Crippen LogP contribution < -0.4 is 20.5 Å². The molecule has 9 heteroatoms. The maximum atomic E-state index is 12.4. The van der Waals surface area contributed by atoms with Crippen molar-refractivity contribution in [3.05, 3.63) is 59.7 Å². The van der Waals surface area contributed by atoms with E-state index in [2.05, 4.69) is 10.1 Å². The summed E-state index contributed by atoms with van der Waals surface area (Å²) < 4.78 is 46.3. The first kappa shape index (κ1) is 21.1. The van der Waals surface area contributed by atoms with E-state index in [4.69, 9.17) is 10.5 Å². The smallest absolute Gasteiger partial charge is 0.422 e. The van der Waals surface area contributed by atoms with Gasteiger partial charge in [-0.1, -0.05) is 18.2 Å². The third-order valence-corrected chi connectivity index (χ3v) is 3.61. The lowest BCUT2D eigenvalue weighted by atomic mass is 10.1. The molecule has 1 atom stereocenters. The van der Waals surface area contributed by atoms with Crippen molar-refractivity contribution in [2.24, 2.45) is 5.73 Å². The van der Waals surface area contributed by atoms with E-state index >= 15 is 0 Å². The predicted octanol–water partition coefficient (Wildman–Crippen LogP) is 2.98. The van der Waals surface area contributed by atoms with Gasteiger partial charge in [-0.2, -0.15) is 13.2 Å². The van der Waals surface area contributed by atoms with Crippen LogP contribution in [0.15, 0.2) is 48.5 Å². The molecule has 0 saturated heterocycles. The van der Waals surface area contributed by atoms with Gasteiger partial charge in [0.25, 0.3) is 11.8 Å². The number of amides is 2. The molecule has 2 aromatic rings. The number of benzene rings is 2. The highest BCUT2D eigenvalue weighted by Gasteiger charge is 2.28. The van der Waals surface area contributed by atoms with Crippen molar-refractivity contribution in [3.63, 3.8) is 0 Å². The highest BCUT2D eigenvalue weighted by molar-refractivity contribution is 5.94. The number of carbonyl (C=O) groups excluding carboxylic acids is 2. The Balaban J connectivity index is 1.96. The molecule has 0 bridgehead atoms. The van der Waals surface area contributed by atoms with Crippen molar-refractivity contribution in [1.29, 1.82) is 0 Å². The second kappa shape index (κ2) is 9.12. The van der Waals surface area contributed by atoms with Gasteiger partial charge in [0.1, 0.15) is 11.5 Å². The Labute approximate surface area is 159 Å². The number of rotatable bonds is 8. The van der Waals surface area contributed by atoms with E-state index in [9.17, 15) is 22.8 Å². The third kappa shape index (κ3) is 6.82. The Hall–Kier alpha value is -3.23. The predicted molar refractivity (Wildman–Crippen MR) is 95.0 cm³/mol. The molecule has 0 fully saturated rings. The molecule has 0 aliphatic rings. The lowest BCUT2D eigenvalue weighted by Crippen LogP contribution is -2.26. The molecule has 0 heterocycles. The number of ether oxygens (including phenoxy) is 2. The minimum Gasteiger partial charge on any atom is -0.484 e. The Morgan fingerprint density at radius 3 is 2.36 bits per heavy atom. The van der Waals surface area contributed by atoms with Crippen LogP contribution in [0.1, 0.15) is 28.9 Å². The molecule has 0 saturated carbocycles. The number of nitrogens with two attached hydrogens (primary N) is 1. The number of nitrogens with one attached hydrogen (secondary N) is 1. The van der Waals surface area contributed by atoms with Gasteiger partial charge in [-0.15, -0.1) is 0 Å². The fourth-order valence-corrected chi connectivity index (χ4v) is 2.26. The second-order valence-electron chi connectivity index (χ2n) is 5.95. The van der Waals surface area contributed by atoms with Crippen LogP contribution in [-0.4, -0.2) is 31.2 Å². The fraction of sp³-hybridized carbons (Fsp3) is 0.263. The molecular weight excluding hydrogens is 377 g/mol. The van der Waals surface area contributed by atoms with Crippen molar-refractivity contribution < 1.29 is 32.2 Å². The zero-order valence-electron chi connectivity index (χ0n) is 15.0. The van der Waals surface area contributed by atoms with Crippen molar-refractivity contribution in [2.75, 3.05) is 13.2 Å². The summed E-state index contributed by atoms with van der Waals surface area (Å²) in [6, 6.07) is 11.8. The van der Waals surface area contributed by atoms with Crippen molar-refractivity contribution >= 4 is 11.8 Å². The van der Waals surface area contributed by atoms with E-state index in [1.165, 1.54) is 18.2 Å². The Kier molecular flexibility index (Phi) is 6.86. The molecule has 6 nitrogen and oxygen atoms in total. The van der Waals surface area contributed by atoms with Crippen molar-refractivity contribution in [2.45, 2.75) is 19.1 Å². The Morgan fingerprint density at radius 2 is 1.75 bits per heavy atom. The molecule has 1 unspecified atom stereocenters. The van der Waals surface area contributed by atoms with Crippen LogP contribution in [0.4, 0.5) is 13.2 Å². The number of hydrogen-bond donors (Lipinski definition) is 2. The molecule has 0 radical (unpaired) electrons. The third-order valence-electron chi connectivity index (χ3n) is 3.61. The van der Waals surface area contributed by atoms with E-state index in [0.717, 1.165) is 0 Å². The van der Waals surface area contributed by atoms with Gasteiger partial charge >= 0.3 is 6.18 Å². The van der Waals surface area contributed by atoms with Crippen LogP contribution in [0.2, 0.25) is 0 Å². The zero-order chi connectivity index (χ0) is 20.7. The first-order valence-electron chi connectivity index (χ1n) is 8.25. The Morgan fingerprint density at radius 1 is 1.07 bits per heavy atom. The molecule has 2 aromatic carbocycles. The van der Waals surface area contributed by atoms with E-state index in [1.807, 2.05) is 0 Å². The maximum Gasteiger partial charge on any atom is 0.422 e. The van der Waals surface area contributed by atoms with Gasteiger partial charge in [0.2, 0.25) is 0 Å². The van der Waals surface area contributed by atoms with Gasteiger partial charge in [-0.05, 0) is 42.8 Å². The summed E-state index contributed by atoms with van der Waals surface area (Å²) in [5.41, 5.74) is 6.02. The maximum absolute atomic E-state index is 12.4. The van der Waals surface area contributed by atoms with Crippen molar-refractivity contribution in [3.8, 4) is 11.5 Å². The summed E-state index contributed by atoms with van der Waals surface area (Å²) in [4.78, 5) is 23.2. The molecule has 28 heavy (non-hydrogen) atoms. The van der Waals surface area contributed by atoms with E-state index in [1.54, 1.807) is 37.3 Å². The molecule has 2 rings (SSSR count). The lowest BCUT2D eigenvalue weighted by molar-refractivity contribution is -0.153. The minimum atomic E-state index is -4.41. The van der Waals surface area contributed by atoms with Gasteiger partial charge in [-0.3, -0.25) is 9.59 Å². The van der Waals surface area contributed by atoms with Crippen LogP contribution in [0.25, 0.3) is 0 Å². The summed E-state index contributed by atoms with van der Waals surface area (Å²) in [5, 5.41) is 2.77. The minimum absolute atomic E-state index is 0.0823. The molecule has 0 spiro atoms. The summed E-state index contributed by atoms with van der Waals surface area (Å²) >= 11 is 0. The number of alkyl halides is 3. The van der Waals surface area contributed by atoms with Crippen LogP contribution in [0.5, 0.6) is 11.5 Å². The molecule has 0 aliphatic carbocycles. The summed E-state index contributed by atoms with van der Waals surface area (Å²) in [6.45, 7) is 0.0634. The summed E-state index contributed by atoms with van der Waals surface area (Å²) in [6.07, 6.45) is -4.41. The summed E-state index contributed by atoms with van der Waals surface area (Å²) in [5.74, 6) is -0.607. The number of hydrogen-bond acceptors (Lipinski definition) is 4.